The first-order chi connectivity index (χ1) is 5.70. The highest BCUT2D eigenvalue weighted by atomic mass is 127. The zero-order chi connectivity index (χ0) is 9.14. The van der Waals surface area contributed by atoms with E-state index in [4.69, 9.17) is 16.9 Å². The third-order valence-corrected chi connectivity index (χ3v) is 2.56. The Kier molecular flexibility index (Phi) is 3.00. The highest BCUT2D eigenvalue weighted by Gasteiger charge is 2.09. The first-order valence-electron chi connectivity index (χ1n) is 2.92. The second kappa shape index (κ2) is 3.83. The van der Waals surface area contributed by atoms with Gasteiger partial charge in [0.15, 0.2) is 0 Å². The van der Waals surface area contributed by atoms with Gasteiger partial charge in [-0.15, -0.1) is 4.91 Å². The van der Waals surface area contributed by atoms with Crippen LogP contribution in [-0.2, 0) is 0 Å². The van der Waals surface area contributed by atoms with Crippen LogP contribution in [0.4, 0.5) is 5.69 Å². The van der Waals surface area contributed by atoms with E-state index in [2.05, 4.69) is 5.18 Å². The maximum Gasteiger partial charge on any atom is 0.128 e. The molecule has 1 rings (SSSR count). The standard InChI is InChI=1S/C7H2ClIN2O/c8-7-4(3-10)5(9)1-2-6(7)11-12/h1-2H. The van der Waals surface area contributed by atoms with Crippen molar-refractivity contribution < 1.29 is 0 Å². The molecule has 12 heavy (non-hydrogen) atoms. The molecule has 0 fully saturated rings. The Bertz CT molecular complexity index is 372. The molecule has 0 spiro atoms. The predicted molar refractivity (Wildman–Crippen MR) is 54.3 cm³/mol. The Morgan fingerprint density at radius 1 is 1.58 bits per heavy atom. The van der Waals surface area contributed by atoms with E-state index in [1.165, 1.54) is 6.07 Å². The molecule has 0 saturated carbocycles. The van der Waals surface area contributed by atoms with Gasteiger partial charge in [0.05, 0.1) is 10.6 Å². The van der Waals surface area contributed by atoms with E-state index in [9.17, 15) is 4.91 Å². The van der Waals surface area contributed by atoms with Crippen molar-refractivity contribution in [2.45, 2.75) is 0 Å². The lowest BCUT2D eigenvalue weighted by molar-refractivity contribution is 1.42. The summed E-state index contributed by atoms with van der Waals surface area (Å²) in [4.78, 5) is 10.2. The second-order valence-corrected chi connectivity index (χ2v) is 3.50. The molecule has 0 heterocycles. The fraction of sp³-hybridized carbons (Fsp3) is 0. The molecule has 3 nitrogen and oxygen atoms in total. The number of nitriles is 1. The maximum absolute atomic E-state index is 10.2. The minimum Gasteiger partial charge on any atom is -0.192 e. The quantitative estimate of drug-likeness (QED) is 0.589. The molecule has 0 saturated heterocycles. The molecule has 0 aliphatic carbocycles. The van der Waals surface area contributed by atoms with Gasteiger partial charge in [0.1, 0.15) is 11.8 Å². The molecule has 0 amide bonds. The van der Waals surface area contributed by atoms with Crippen LogP contribution in [0.1, 0.15) is 5.56 Å². The third kappa shape index (κ3) is 1.57. The Morgan fingerprint density at radius 2 is 2.25 bits per heavy atom. The summed E-state index contributed by atoms with van der Waals surface area (Å²) >= 11 is 7.66. The molecule has 0 bridgehead atoms. The van der Waals surface area contributed by atoms with E-state index in [1.807, 2.05) is 28.7 Å². The van der Waals surface area contributed by atoms with E-state index in [0.717, 1.165) is 0 Å². The average molecular weight is 292 g/mol. The van der Waals surface area contributed by atoms with Crippen molar-refractivity contribution in [1.29, 1.82) is 5.26 Å². The number of halogens is 2. The fourth-order valence-electron chi connectivity index (χ4n) is 0.714. The molecule has 0 aliphatic rings. The van der Waals surface area contributed by atoms with Crippen LogP contribution >= 0.6 is 34.2 Å². The SMILES string of the molecule is N#Cc1c(I)ccc(N=O)c1Cl. The van der Waals surface area contributed by atoms with Gasteiger partial charge in [-0.05, 0) is 39.9 Å². The van der Waals surface area contributed by atoms with Crippen molar-refractivity contribution in [3.63, 3.8) is 0 Å². The molecular weight excluding hydrogens is 290 g/mol. The van der Waals surface area contributed by atoms with Gasteiger partial charge in [-0.1, -0.05) is 11.6 Å². The number of hydrogen-bond donors (Lipinski definition) is 0. The minimum atomic E-state index is 0.105. The van der Waals surface area contributed by atoms with E-state index >= 15 is 0 Å². The smallest absolute Gasteiger partial charge is 0.128 e. The summed E-state index contributed by atoms with van der Waals surface area (Å²) in [7, 11) is 0. The van der Waals surface area contributed by atoms with Crippen molar-refractivity contribution >= 4 is 39.9 Å². The molecule has 0 radical (unpaired) electrons. The van der Waals surface area contributed by atoms with E-state index in [-0.39, 0.29) is 10.7 Å². The zero-order valence-corrected chi connectivity index (χ0v) is 8.63. The molecule has 0 atom stereocenters. The van der Waals surface area contributed by atoms with E-state index < -0.39 is 0 Å². The number of hydrogen-bond acceptors (Lipinski definition) is 3. The molecule has 60 valence electrons. The molecule has 0 aliphatic heterocycles. The Labute approximate surface area is 87.4 Å². The van der Waals surface area contributed by atoms with Crippen molar-refractivity contribution in [2.75, 3.05) is 0 Å². The van der Waals surface area contributed by atoms with E-state index in [0.29, 0.717) is 9.13 Å². The first kappa shape index (κ1) is 9.42. The lowest BCUT2D eigenvalue weighted by atomic mass is 10.2. The number of nitroso groups, excluding NO2 is 1. The summed E-state index contributed by atoms with van der Waals surface area (Å²) < 4.78 is 0.715. The molecule has 5 heteroatoms. The number of benzene rings is 1. The highest BCUT2D eigenvalue weighted by molar-refractivity contribution is 14.1. The van der Waals surface area contributed by atoms with Crippen molar-refractivity contribution in [3.8, 4) is 6.07 Å². The van der Waals surface area contributed by atoms with Crippen molar-refractivity contribution in [1.82, 2.24) is 0 Å². The van der Waals surface area contributed by atoms with Crippen LogP contribution in [-0.4, -0.2) is 0 Å². The highest BCUT2D eigenvalue weighted by Crippen LogP contribution is 2.30. The van der Waals surface area contributed by atoms with Gasteiger partial charge in [0.2, 0.25) is 0 Å². The van der Waals surface area contributed by atoms with Gasteiger partial charge in [0, 0.05) is 3.57 Å². The van der Waals surface area contributed by atoms with Gasteiger partial charge in [0.25, 0.3) is 0 Å². The van der Waals surface area contributed by atoms with Crippen LogP contribution in [0.3, 0.4) is 0 Å². The van der Waals surface area contributed by atoms with Crippen molar-refractivity contribution in [2.24, 2.45) is 5.18 Å². The van der Waals surface area contributed by atoms with Crippen LogP contribution in [0.15, 0.2) is 17.3 Å². The topological polar surface area (TPSA) is 53.2 Å². The average Bonchev–Trinajstić information content (AvgIpc) is 2.06. The lowest BCUT2D eigenvalue weighted by Gasteiger charge is -1.98. The van der Waals surface area contributed by atoms with Crippen LogP contribution < -0.4 is 0 Å². The normalized spacial score (nSPS) is 9.08. The van der Waals surface area contributed by atoms with Crippen molar-refractivity contribution in [3.05, 3.63) is 31.2 Å². The van der Waals surface area contributed by atoms with Gasteiger partial charge in [-0.25, -0.2) is 0 Å². The van der Waals surface area contributed by atoms with Gasteiger partial charge < -0.3 is 0 Å². The summed E-state index contributed by atoms with van der Waals surface area (Å²) in [6.07, 6.45) is 0. The third-order valence-electron chi connectivity index (χ3n) is 1.28. The van der Waals surface area contributed by atoms with Crippen LogP contribution in [0, 0.1) is 19.8 Å². The monoisotopic (exact) mass is 292 g/mol. The van der Waals surface area contributed by atoms with Gasteiger partial charge >= 0.3 is 0 Å². The molecule has 0 aromatic heterocycles. The van der Waals surface area contributed by atoms with Crippen LogP contribution in [0.2, 0.25) is 5.02 Å². The summed E-state index contributed by atoms with van der Waals surface area (Å²) in [6.45, 7) is 0. The Hall–Kier alpha value is -0.670. The predicted octanol–water partition coefficient (Wildman–Crippen LogP) is 3.21. The molecule has 0 unspecified atom stereocenters. The Balaban J connectivity index is 3.46. The Morgan fingerprint density at radius 3 is 2.75 bits per heavy atom. The summed E-state index contributed by atoms with van der Waals surface area (Å²) in [6, 6.07) is 5.01. The van der Waals surface area contributed by atoms with E-state index in [1.54, 1.807) is 6.07 Å². The fourth-order valence-corrected chi connectivity index (χ4v) is 1.69. The first-order valence-corrected chi connectivity index (χ1v) is 4.38. The number of rotatable bonds is 1. The van der Waals surface area contributed by atoms with Crippen LogP contribution in [0.25, 0.3) is 0 Å². The molecule has 0 N–H and O–H groups in total. The maximum atomic E-state index is 10.2. The molecular formula is C7H2ClIN2O. The summed E-state index contributed by atoms with van der Waals surface area (Å²) in [5.74, 6) is 0. The summed E-state index contributed by atoms with van der Waals surface area (Å²) in [5, 5.41) is 11.4. The van der Waals surface area contributed by atoms with Gasteiger partial charge in [-0.3, -0.25) is 0 Å². The lowest BCUT2D eigenvalue weighted by Crippen LogP contribution is -1.82. The van der Waals surface area contributed by atoms with Crippen LogP contribution in [0.5, 0.6) is 0 Å². The largest absolute Gasteiger partial charge is 0.192 e. The molecule has 1 aromatic rings. The zero-order valence-electron chi connectivity index (χ0n) is 5.71. The molecule has 1 aromatic carbocycles. The second-order valence-electron chi connectivity index (χ2n) is 1.96. The summed E-state index contributed by atoms with van der Waals surface area (Å²) in [5.41, 5.74) is 0.406. The number of nitrogens with zero attached hydrogens (tertiary/aromatic N) is 2. The van der Waals surface area contributed by atoms with Gasteiger partial charge in [-0.2, -0.15) is 5.26 Å². The minimum absolute atomic E-state index is 0.105.